The maximum Gasteiger partial charge on any atom is 0.330 e. The lowest BCUT2D eigenvalue weighted by molar-refractivity contribution is -0.181. The molecule has 3 atom stereocenters. The molecule has 9 heteroatoms. The third-order valence-electron chi connectivity index (χ3n) is 4.28. The largest absolute Gasteiger partial charge is 0.393 e. The van der Waals surface area contributed by atoms with E-state index in [1.165, 1.54) is 10.8 Å². The Hall–Kier alpha value is -1.52. The van der Waals surface area contributed by atoms with E-state index in [0.717, 1.165) is 0 Å². The van der Waals surface area contributed by atoms with E-state index in [4.69, 9.17) is 14.2 Å². The number of aromatic amines is 1. The van der Waals surface area contributed by atoms with Gasteiger partial charge in [0.15, 0.2) is 0 Å². The summed E-state index contributed by atoms with van der Waals surface area (Å²) >= 11 is 0. The summed E-state index contributed by atoms with van der Waals surface area (Å²) in [6.07, 6.45) is 0.556. The topological polar surface area (TPSA) is 123 Å². The van der Waals surface area contributed by atoms with Gasteiger partial charge in [0.25, 0.3) is 5.56 Å². The van der Waals surface area contributed by atoms with E-state index in [9.17, 15) is 19.8 Å². The fourth-order valence-corrected chi connectivity index (χ4v) is 2.91. The number of ether oxygens (including phenoxy) is 3. The minimum atomic E-state index is -1.49. The Bertz CT molecular complexity index is 684. The van der Waals surface area contributed by atoms with Gasteiger partial charge in [-0.25, -0.2) is 4.79 Å². The highest BCUT2D eigenvalue weighted by atomic mass is 16.7. The zero-order valence-electron chi connectivity index (χ0n) is 12.1. The number of H-pyrrole nitrogens is 1. The SMILES string of the molecule is Cc1cn([C@H]2CC3(O)COCOC[C@]3(CO)O2)c(=O)[nH]c1=O. The summed E-state index contributed by atoms with van der Waals surface area (Å²) in [5.74, 6) is 0. The van der Waals surface area contributed by atoms with Crippen LogP contribution in [0.4, 0.5) is 0 Å². The molecule has 0 aromatic carbocycles. The quantitative estimate of drug-likeness (QED) is 0.590. The number of hydrogen-bond donors (Lipinski definition) is 3. The van der Waals surface area contributed by atoms with Crippen LogP contribution < -0.4 is 11.2 Å². The predicted octanol–water partition coefficient (Wildman–Crippen LogP) is -1.77. The number of aliphatic hydroxyl groups is 2. The molecule has 0 saturated carbocycles. The number of fused-ring (bicyclic) bond motifs is 1. The molecule has 0 amide bonds. The first-order valence-corrected chi connectivity index (χ1v) is 6.89. The fourth-order valence-electron chi connectivity index (χ4n) is 2.91. The lowest BCUT2D eigenvalue weighted by Crippen LogP contribution is -2.57. The van der Waals surface area contributed by atoms with Gasteiger partial charge in [-0.1, -0.05) is 0 Å². The number of nitrogens with zero attached hydrogens (tertiary/aromatic N) is 1. The van der Waals surface area contributed by atoms with E-state index in [1.807, 2.05) is 0 Å². The van der Waals surface area contributed by atoms with Gasteiger partial charge in [-0.2, -0.15) is 0 Å². The van der Waals surface area contributed by atoms with Crippen LogP contribution >= 0.6 is 0 Å². The second kappa shape index (κ2) is 5.28. The average Bonchev–Trinajstić information content (AvgIpc) is 2.66. The number of hydrogen-bond acceptors (Lipinski definition) is 7. The second-order valence-electron chi connectivity index (χ2n) is 5.75. The van der Waals surface area contributed by atoms with Gasteiger partial charge in [0.2, 0.25) is 0 Å². The first-order valence-electron chi connectivity index (χ1n) is 6.89. The van der Waals surface area contributed by atoms with Crippen LogP contribution in [-0.2, 0) is 14.2 Å². The molecule has 3 rings (SSSR count). The van der Waals surface area contributed by atoms with Crippen LogP contribution in [0.1, 0.15) is 18.2 Å². The molecule has 2 fully saturated rings. The van der Waals surface area contributed by atoms with E-state index in [0.29, 0.717) is 5.56 Å². The van der Waals surface area contributed by atoms with Gasteiger partial charge in [0.1, 0.15) is 24.2 Å². The molecule has 2 aliphatic heterocycles. The third kappa shape index (κ3) is 2.22. The molecule has 2 saturated heterocycles. The maximum atomic E-state index is 12.0. The number of nitrogens with one attached hydrogen (secondary N) is 1. The first kappa shape index (κ1) is 15.4. The molecular formula is C13H18N2O7. The van der Waals surface area contributed by atoms with E-state index >= 15 is 0 Å². The molecule has 0 spiro atoms. The van der Waals surface area contributed by atoms with Crippen molar-refractivity contribution in [2.45, 2.75) is 30.8 Å². The number of aryl methyl sites for hydroxylation is 1. The minimum absolute atomic E-state index is 0.00417. The van der Waals surface area contributed by atoms with Gasteiger partial charge in [-0.15, -0.1) is 0 Å². The zero-order valence-corrected chi connectivity index (χ0v) is 12.1. The summed E-state index contributed by atoms with van der Waals surface area (Å²) in [7, 11) is 0. The van der Waals surface area contributed by atoms with E-state index in [2.05, 4.69) is 4.98 Å². The van der Waals surface area contributed by atoms with Gasteiger partial charge < -0.3 is 24.4 Å². The summed E-state index contributed by atoms with van der Waals surface area (Å²) in [6.45, 7) is 0.926. The number of aliphatic hydroxyl groups excluding tert-OH is 1. The monoisotopic (exact) mass is 314 g/mol. The Kier molecular flexibility index (Phi) is 3.69. The van der Waals surface area contributed by atoms with E-state index in [1.54, 1.807) is 6.92 Å². The molecule has 1 aromatic heterocycles. The lowest BCUT2D eigenvalue weighted by atomic mass is 9.84. The Labute approximate surface area is 125 Å². The van der Waals surface area contributed by atoms with Gasteiger partial charge in [-0.05, 0) is 6.92 Å². The van der Waals surface area contributed by atoms with Crippen molar-refractivity contribution in [1.82, 2.24) is 9.55 Å². The zero-order chi connectivity index (χ0) is 16.0. The molecule has 0 bridgehead atoms. The molecule has 1 aromatic rings. The van der Waals surface area contributed by atoms with Crippen molar-refractivity contribution >= 4 is 0 Å². The van der Waals surface area contributed by atoms with Crippen molar-refractivity contribution in [1.29, 1.82) is 0 Å². The predicted molar refractivity (Wildman–Crippen MR) is 72.3 cm³/mol. The van der Waals surface area contributed by atoms with Crippen molar-refractivity contribution in [3.8, 4) is 0 Å². The molecule has 22 heavy (non-hydrogen) atoms. The Morgan fingerprint density at radius 2 is 2.14 bits per heavy atom. The van der Waals surface area contributed by atoms with Crippen molar-refractivity contribution in [3.63, 3.8) is 0 Å². The Morgan fingerprint density at radius 3 is 2.86 bits per heavy atom. The van der Waals surface area contributed by atoms with Gasteiger partial charge in [0, 0.05) is 18.2 Å². The average molecular weight is 314 g/mol. The van der Waals surface area contributed by atoms with Crippen LogP contribution in [-0.4, -0.2) is 57.6 Å². The summed E-state index contributed by atoms with van der Waals surface area (Å²) in [5, 5.41) is 20.5. The van der Waals surface area contributed by atoms with Crippen molar-refractivity contribution in [2.24, 2.45) is 0 Å². The van der Waals surface area contributed by atoms with Gasteiger partial charge in [0.05, 0.1) is 19.8 Å². The van der Waals surface area contributed by atoms with Crippen LogP contribution in [0.2, 0.25) is 0 Å². The summed E-state index contributed by atoms with van der Waals surface area (Å²) in [5.41, 5.74) is -3.65. The Balaban J connectivity index is 2.01. The number of rotatable bonds is 2. The van der Waals surface area contributed by atoms with Crippen LogP contribution in [0.15, 0.2) is 15.8 Å². The van der Waals surface area contributed by atoms with Crippen molar-refractivity contribution < 1.29 is 24.4 Å². The molecule has 0 radical (unpaired) electrons. The second-order valence-corrected chi connectivity index (χ2v) is 5.75. The minimum Gasteiger partial charge on any atom is -0.393 e. The summed E-state index contributed by atoms with van der Waals surface area (Å²) < 4.78 is 17.4. The van der Waals surface area contributed by atoms with Crippen LogP contribution in [0, 0.1) is 6.92 Å². The summed E-state index contributed by atoms with van der Waals surface area (Å²) in [4.78, 5) is 25.6. The highest BCUT2D eigenvalue weighted by Crippen LogP contribution is 2.45. The van der Waals surface area contributed by atoms with Crippen molar-refractivity contribution in [2.75, 3.05) is 26.6 Å². The number of aromatic nitrogens is 2. The maximum absolute atomic E-state index is 12.0. The molecule has 2 aliphatic rings. The molecule has 3 N–H and O–H groups in total. The molecular weight excluding hydrogens is 296 g/mol. The van der Waals surface area contributed by atoms with Crippen LogP contribution in [0.3, 0.4) is 0 Å². The lowest BCUT2D eigenvalue weighted by Gasteiger charge is -2.36. The van der Waals surface area contributed by atoms with Crippen LogP contribution in [0.5, 0.6) is 0 Å². The van der Waals surface area contributed by atoms with Gasteiger partial charge in [-0.3, -0.25) is 14.3 Å². The van der Waals surface area contributed by atoms with Gasteiger partial charge >= 0.3 is 5.69 Å². The van der Waals surface area contributed by atoms with E-state index in [-0.39, 0.29) is 26.4 Å². The standard InChI is InChI=1S/C13H18N2O7/c1-8-3-15(11(18)14-10(8)17)9-2-12(19)5-20-7-21-6-13(12,4-16)22-9/h3,9,16,19H,2,4-7H2,1H3,(H,14,17,18)/t9-,12?,13+/m1/s1. The molecule has 1 unspecified atom stereocenters. The first-order chi connectivity index (χ1) is 10.4. The molecule has 0 aliphatic carbocycles. The van der Waals surface area contributed by atoms with Crippen LogP contribution in [0.25, 0.3) is 0 Å². The Morgan fingerprint density at radius 1 is 1.41 bits per heavy atom. The summed E-state index contributed by atoms with van der Waals surface area (Å²) in [6, 6.07) is 0. The smallest absolute Gasteiger partial charge is 0.330 e. The molecule has 9 nitrogen and oxygen atoms in total. The highest BCUT2D eigenvalue weighted by molar-refractivity contribution is 5.09. The molecule has 3 heterocycles. The molecule has 122 valence electrons. The fraction of sp³-hybridized carbons (Fsp3) is 0.692. The normalized spacial score (nSPS) is 35.1. The third-order valence-corrected chi connectivity index (χ3v) is 4.28. The van der Waals surface area contributed by atoms with E-state index < -0.39 is 35.3 Å². The highest BCUT2D eigenvalue weighted by Gasteiger charge is 2.61. The van der Waals surface area contributed by atoms with Crippen molar-refractivity contribution in [3.05, 3.63) is 32.6 Å².